The lowest BCUT2D eigenvalue weighted by Gasteiger charge is -2.27. The molecule has 0 bridgehead atoms. The Morgan fingerprint density at radius 3 is 2.00 bits per heavy atom. The highest BCUT2D eigenvalue weighted by atomic mass is 28.4. The van der Waals surface area contributed by atoms with Gasteiger partial charge in [0.15, 0.2) is 0 Å². The maximum atomic E-state index is 5.97. The molecule has 0 atom stereocenters. The minimum absolute atomic E-state index is 0.514. The zero-order chi connectivity index (χ0) is 17.0. The topological polar surface area (TPSA) is 53.5 Å². The number of benzene rings is 1. The van der Waals surface area contributed by atoms with Crippen LogP contribution >= 0.6 is 0 Å². The van der Waals surface area contributed by atoms with Crippen LogP contribution in [0.15, 0.2) is 42.6 Å². The van der Waals surface area contributed by atoms with Crippen molar-refractivity contribution in [1.82, 2.24) is 9.97 Å². The second kappa shape index (κ2) is 7.35. The van der Waals surface area contributed by atoms with Gasteiger partial charge in [-0.15, -0.1) is 0 Å². The molecule has 3 rings (SSSR count). The molecule has 2 heterocycles. The monoisotopic (exact) mass is 342 g/mol. The molecular weight excluding hydrogens is 320 g/mol. The van der Waals surface area contributed by atoms with Crippen LogP contribution in [-0.2, 0) is 13.3 Å². The summed E-state index contributed by atoms with van der Waals surface area (Å²) >= 11 is 0. The van der Waals surface area contributed by atoms with Gasteiger partial charge in [0.25, 0.3) is 0 Å². The first-order valence-corrected chi connectivity index (χ1v) is 10.0. The van der Waals surface area contributed by atoms with Gasteiger partial charge in [0.05, 0.1) is 11.0 Å². The first kappa shape index (κ1) is 17.0. The number of fused-ring (bicyclic) bond motifs is 3. The van der Waals surface area contributed by atoms with Crippen molar-refractivity contribution in [3.8, 4) is 0 Å². The van der Waals surface area contributed by atoms with Crippen LogP contribution in [0.2, 0.25) is 0 Å². The minimum Gasteiger partial charge on any atom is -0.369 e. The number of pyridine rings is 2. The number of rotatable bonds is 7. The third-order valence-electron chi connectivity index (χ3n) is 3.75. The fraction of sp³-hybridized carbons (Fsp3) is 0.333. The van der Waals surface area contributed by atoms with Gasteiger partial charge in [-0.3, -0.25) is 4.98 Å². The lowest BCUT2D eigenvalue weighted by molar-refractivity contribution is 0.0851. The van der Waals surface area contributed by atoms with Crippen LogP contribution in [-0.4, -0.2) is 38.6 Å². The van der Waals surface area contributed by atoms with E-state index in [0.29, 0.717) is 19.8 Å². The van der Waals surface area contributed by atoms with Crippen molar-refractivity contribution in [1.29, 1.82) is 0 Å². The van der Waals surface area contributed by atoms with Gasteiger partial charge in [-0.1, -0.05) is 24.3 Å². The normalized spacial score (nSPS) is 12.1. The molecule has 0 saturated carbocycles. The van der Waals surface area contributed by atoms with E-state index in [0.717, 1.165) is 27.1 Å². The Hall–Kier alpha value is -1.86. The quantitative estimate of drug-likeness (QED) is 0.488. The van der Waals surface area contributed by atoms with Gasteiger partial charge in [-0.05, 0) is 32.9 Å². The second-order valence-electron chi connectivity index (χ2n) is 5.26. The standard InChI is InChI=1S/C18H22N2O3Si/c1-4-21-24(22-5-2,23-6-3)16-12-11-15-10-9-14-8-7-13-19-17(14)18(15)20-16/h7-13H,4-6H2,1-3H3. The summed E-state index contributed by atoms with van der Waals surface area (Å²) in [7, 11) is -3.02. The molecule has 24 heavy (non-hydrogen) atoms. The highest BCUT2D eigenvalue weighted by molar-refractivity contribution is 6.74. The van der Waals surface area contributed by atoms with Crippen LogP contribution in [0.1, 0.15) is 20.8 Å². The molecule has 0 radical (unpaired) electrons. The van der Waals surface area contributed by atoms with E-state index in [-0.39, 0.29) is 0 Å². The molecule has 1 aromatic carbocycles. The van der Waals surface area contributed by atoms with Crippen LogP contribution in [0, 0.1) is 0 Å². The van der Waals surface area contributed by atoms with Crippen LogP contribution in [0.3, 0.4) is 0 Å². The predicted molar refractivity (Wildman–Crippen MR) is 97.3 cm³/mol. The number of nitrogens with zero attached hydrogens (tertiary/aromatic N) is 2. The van der Waals surface area contributed by atoms with Crippen molar-refractivity contribution in [2.75, 3.05) is 19.8 Å². The molecule has 0 spiro atoms. The largest absolute Gasteiger partial charge is 0.556 e. The van der Waals surface area contributed by atoms with Gasteiger partial charge in [-0.25, -0.2) is 4.98 Å². The fourth-order valence-corrected chi connectivity index (χ4v) is 5.18. The molecule has 0 unspecified atom stereocenters. The van der Waals surface area contributed by atoms with E-state index in [4.69, 9.17) is 18.3 Å². The first-order chi connectivity index (χ1) is 11.7. The summed E-state index contributed by atoms with van der Waals surface area (Å²) in [5, 5.41) is 2.84. The van der Waals surface area contributed by atoms with E-state index in [1.165, 1.54) is 0 Å². The van der Waals surface area contributed by atoms with E-state index in [1.807, 2.05) is 45.0 Å². The minimum atomic E-state index is -3.02. The zero-order valence-electron chi connectivity index (χ0n) is 14.3. The van der Waals surface area contributed by atoms with Crippen molar-refractivity contribution in [3.63, 3.8) is 0 Å². The van der Waals surface area contributed by atoms with Crippen molar-refractivity contribution < 1.29 is 13.3 Å². The maximum absolute atomic E-state index is 5.97. The molecular formula is C18H22N2O3Si. The summed E-state index contributed by atoms with van der Waals surface area (Å²) in [5.74, 6) is 0. The Kier molecular flexibility index (Phi) is 5.20. The number of hydrogen-bond donors (Lipinski definition) is 0. The molecule has 126 valence electrons. The summed E-state index contributed by atoms with van der Waals surface area (Å²) in [5.41, 5.74) is 1.73. The van der Waals surface area contributed by atoms with Gasteiger partial charge < -0.3 is 13.3 Å². The van der Waals surface area contributed by atoms with E-state index in [2.05, 4.69) is 17.1 Å². The summed E-state index contributed by atoms with van der Waals surface area (Å²) in [6, 6.07) is 12.1. The number of aromatic nitrogens is 2. The summed E-state index contributed by atoms with van der Waals surface area (Å²) < 4.78 is 17.9. The summed E-state index contributed by atoms with van der Waals surface area (Å²) in [6.45, 7) is 7.37. The maximum Gasteiger partial charge on any atom is 0.556 e. The van der Waals surface area contributed by atoms with Gasteiger partial charge in [0, 0.05) is 36.8 Å². The molecule has 0 aliphatic rings. The lowest BCUT2D eigenvalue weighted by Crippen LogP contribution is -2.58. The van der Waals surface area contributed by atoms with E-state index >= 15 is 0 Å². The average molecular weight is 342 g/mol. The van der Waals surface area contributed by atoms with Crippen LogP contribution in [0.25, 0.3) is 21.8 Å². The Labute approximate surface area is 143 Å². The van der Waals surface area contributed by atoms with Gasteiger partial charge in [-0.2, -0.15) is 0 Å². The van der Waals surface area contributed by atoms with Crippen molar-refractivity contribution in [2.24, 2.45) is 0 Å². The highest BCUT2D eigenvalue weighted by Crippen LogP contribution is 2.22. The molecule has 0 amide bonds. The Morgan fingerprint density at radius 2 is 1.38 bits per heavy atom. The Bertz CT molecular complexity index is 824. The Balaban J connectivity index is 2.21. The van der Waals surface area contributed by atoms with Crippen LogP contribution in [0.5, 0.6) is 0 Å². The first-order valence-electron chi connectivity index (χ1n) is 8.31. The van der Waals surface area contributed by atoms with Crippen molar-refractivity contribution in [3.05, 3.63) is 42.6 Å². The third kappa shape index (κ3) is 3.05. The highest BCUT2D eigenvalue weighted by Gasteiger charge is 2.45. The SMILES string of the molecule is CCO[Si](OCC)(OCC)c1ccc2ccc3cccnc3c2n1. The Morgan fingerprint density at radius 1 is 0.792 bits per heavy atom. The third-order valence-corrected chi connectivity index (χ3v) is 6.66. The zero-order valence-corrected chi connectivity index (χ0v) is 15.3. The van der Waals surface area contributed by atoms with E-state index in [1.54, 1.807) is 6.20 Å². The molecule has 0 aliphatic carbocycles. The smallest absolute Gasteiger partial charge is 0.369 e. The molecule has 0 saturated heterocycles. The molecule has 6 heteroatoms. The summed E-state index contributed by atoms with van der Waals surface area (Å²) in [4.78, 5) is 9.36. The van der Waals surface area contributed by atoms with E-state index in [9.17, 15) is 0 Å². The van der Waals surface area contributed by atoms with Gasteiger partial charge in [0.1, 0.15) is 5.32 Å². The fourth-order valence-electron chi connectivity index (χ4n) is 2.81. The molecule has 3 aromatic rings. The predicted octanol–water partition coefficient (Wildman–Crippen LogP) is 3.04. The lowest BCUT2D eigenvalue weighted by atomic mass is 10.1. The van der Waals surface area contributed by atoms with Crippen molar-refractivity contribution in [2.45, 2.75) is 20.8 Å². The summed E-state index contributed by atoms with van der Waals surface area (Å²) in [6.07, 6.45) is 1.79. The van der Waals surface area contributed by atoms with Crippen LogP contribution < -0.4 is 5.32 Å². The average Bonchev–Trinajstić information content (AvgIpc) is 2.61. The molecule has 0 aliphatic heterocycles. The van der Waals surface area contributed by atoms with Crippen molar-refractivity contribution >= 4 is 35.9 Å². The molecule has 0 N–H and O–H groups in total. The van der Waals surface area contributed by atoms with Gasteiger partial charge in [0.2, 0.25) is 0 Å². The molecule has 5 nitrogen and oxygen atoms in total. The van der Waals surface area contributed by atoms with Gasteiger partial charge >= 0.3 is 8.80 Å². The second-order valence-corrected chi connectivity index (χ2v) is 7.75. The van der Waals surface area contributed by atoms with Crippen LogP contribution in [0.4, 0.5) is 0 Å². The molecule has 2 aromatic heterocycles. The van der Waals surface area contributed by atoms with E-state index < -0.39 is 8.80 Å². The number of hydrogen-bond acceptors (Lipinski definition) is 5. The molecule has 0 fully saturated rings.